The molecule has 3 atom stereocenters. The van der Waals surface area contributed by atoms with Crippen molar-refractivity contribution in [1.82, 2.24) is 0 Å². The molecular formula is C25H44O4Si. The van der Waals surface area contributed by atoms with Crippen LogP contribution in [0.2, 0.25) is 18.1 Å². The van der Waals surface area contributed by atoms with E-state index in [0.717, 1.165) is 25.7 Å². The molecule has 0 aromatic carbocycles. The van der Waals surface area contributed by atoms with Gasteiger partial charge in [-0.25, -0.2) is 0 Å². The van der Waals surface area contributed by atoms with Crippen molar-refractivity contribution in [3.8, 4) is 11.8 Å². The van der Waals surface area contributed by atoms with Gasteiger partial charge < -0.3 is 19.0 Å². The molecule has 172 valence electrons. The van der Waals surface area contributed by atoms with E-state index in [2.05, 4.69) is 65.6 Å². The molecular weight excluding hydrogens is 392 g/mol. The van der Waals surface area contributed by atoms with Gasteiger partial charge in [-0.2, -0.15) is 0 Å². The first-order chi connectivity index (χ1) is 13.8. The molecule has 2 rings (SSSR count). The maximum atomic E-state index is 10.6. The van der Waals surface area contributed by atoms with E-state index in [4.69, 9.17) is 13.9 Å². The summed E-state index contributed by atoms with van der Waals surface area (Å²) >= 11 is 0. The molecule has 0 aromatic rings. The minimum atomic E-state index is -1.89. The van der Waals surface area contributed by atoms with Crippen LogP contribution in [0.3, 0.4) is 0 Å². The highest BCUT2D eigenvalue weighted by Gasteiger charge is 2.48. The highest BCUT2D eigenvalue weighted by molar-refractivity contribution is 6.74. The van der Waals surface area contributed by atoms with Gasteiger partial charge in [0.1, 0.15) is 6.10 Å². The Labute approximate surface area is 185 Å². The molecule has 2 fully saturated rings. The first-order valence-corrected chi connectivity index (χ1v) is 14.5. The van der Waals surface area contributed by atoms with Crippen LogP contribution in [0.5, 0.6) is 0 Å². The van der Waals surface area contributed by atoms with Gasteiger partial charge in [0.05, 0.1) is 18.3 Å². The van der Waals surface area contributed by atoms with Crippen LogP contribution >= 0.6 is 0 Å². The van der Waals surface area contributed by atoms with Crippen LogP contribution in [0.15, 0.2) is 11.6 Å². The van der Waals surface area contributed by atoms with Crippen LogP contribution in [0, 0.1) is 11.8 Å². The second-order valence-electron chi connectivity index (χ2n) is 11.2. The number of rotatable bonds is 6. The normalized spacial score (nSPS) is 26.0. The molecule has 1 saturated carbocycles. The minimum Gasteiger partial charge on any atom is -0.410 e. The zero-order chi connectivity index (χ0) is 22.6. The van der Waals surface area contributed by atoms with E-state index in [1.165, 1.54) is 12.0 Å². The van der Waals surface area contributed by atoms with Crippen LogP contribution in [-0.2, 0) is 13.9 Å². The molecule has 2 aliphatic rings. The maximum Gasteiger partial charge on any atom is 0.192 e. The van der Waals surface area contributed by atoms with Gasteiger partial charge >= 0.3 is 0 Å². The van der Waals surface area contributed by atoms with Gasteiger partial charge in [0.25, 0.3) is 0 Å². The number of allylic oxidation sites excluding steroid dienone is 1. The first-order valence-electron chi connectivity index (χ1n) is 11.6. The Balaban J connectivity index is 1.95. The molecule has 1 aliphatic carbocycles. The van der Waals surface area contributed by atoms with Gasteiger partial charge in [0.15, 0.2) is 14.1 Å². The summed E-state index contributed by atoms with van der Waals surface area (Å²) in [5.41, 5.74) is 0.755. The Hall–Kier alpha value is -0.643. The van der Waals surface area contributed by atoms with Crippen LogP contribution in [0.25, 0.3) is 0 Å². The largest absolute Gasteiger partial charge is 0.410 e. The third kappa shape index (κ3) is 7.21. The van der Waals surface area contributed by atoms with Crippen LogP contribution in [0.1, 0.15) is 86.5 Å². The fourth-order valence-corrected chi connectivity index (χ4v) is 5.29. The van der Waals surface area contributed by atoms with Crippen molar-refractivity contribution < 1.29 is 19.0 Å². The predicted molar refractivity (Wildman–Crippen MR) is 126 cm³/mol. The topological polar surface area (TPSA) is 47.9 Å². The Morgan fingerprint density at radius 1 is 1.20 bits per heavy atom. The predicted octanol–water partition coefficient (Wildman–Crippen LogP) is 5.95. The molecule has 0 radical (unpaired) electrons. The average Bonchev–Trinajstić information content (AvgIpc) is 2.89. The highest BCUT2D eigenvalue weighted by Crippen LogP contribution is 2.43. The van der Waals surface area contributed by atoms with Crippen molar-refractivity contribution in [2.45, 2.75) is 128 Å². The summed E-state index contributed by atoms with van der Waals surface area (Å²) in [4.78, 5) is 0. The lowest BCUT2D eigenvalue weighted by atomic mass is 9.94. The summed E-state index contributed by atoms with van der Waals surface area (Å²) in [6.45, 7) is 18.0. The van der Waals surface area contributed by atoms with Gasteiger partial charge in [-0.05, 0) is 51.7 Å². The monoisotopic (exact) mass is 436 g/mol. The van der Waals surface area contributed by atoms with E-state index in [1.54, 1.807) is 0 Å². The molecule has 5 heteroatoms. The molecule has 1 heterocycles. The first kappa shape index (κ1) is 25.6. The summed E-state index contributed by atoms with van der Waals surface area (Å²) in [6.07, 6.45) is 7.92. The second kappa shape index (κ2) is 9.88. The summed E-state index contributed by atoms with van der Waals surface area (Å²) < 4.78 is 19.0. The van der Waals surface area contributed by atoms with E-state index in [1.807, 2.05) is 6.92 Å². The van der Waals surface area contributed by atoms with E-state index in [-0.39, 0.29) is 11.1 Å². The molecule has 1 N–H and O–H groups in total. The summed E-state index contributed by atoms with van der Waals surface area (Å²) in [5, 5.41) is 10.7. The summed E-state index contributed by atoms with van der Waals surface area (Å²) in [6, 6.07) is 0. The number of hydrogen-bond donors (Lipinski definition) is 1. The number of aliphatic hydroxyl groups excluding tert-OH is 1. The molecule has 1 aliphatic heterocycles. The van der Waals surface area contributed by atoms with E-state index in [0.29, 0.717) is 19.4 Å². The second-order valence-corrected chi connectivity index (χ2v) is 16.0. The lowest BCUT2D eigenvalue weighted by Gasteiger charge is -2.38. The number of aliphatic hydroxyl groups is 1. The molecule has 0 unspecified atom stereocenters. The van der Waals surface area contributed by atoms with E-state index >= 15 is 0 Å². The lowest BCUT2D eigenvalue weighted by molar-refractivity contribution is -0.204. The van der Waals surface area contributed by atoms with Crippen molar-refractivity contribution in [1.29, 1.82) is 0 Å². The summed E-state index contributed by atoms with van der Waals surface area (Å²) in [5.74, 6) is 5.79. The van der Waals surface area contributed by atoms with E-state index in [9.17, 15) is 5.11 Å². The maximum absolute atomic E-state index is 10.6. The van der Waals surface area contributed by atoms with Crippen molar-refractivity contribution in [2.24, 2.45) is 0 Å². The van der Waals surface area contributed by atoms with Crippen LogP contribution in [-0.4, -0.2) is 43.6 Å². The number of ether oxygens (including phenoxy) is 2. The highest BCUT2D eigenvalue weighted by atomic mass is 28.4. The Morgan fingerprint density at radius 2 is 1.83 bits per heavy atom. The zero-order valence-electron chi connectivity index (χ0n) is 20.6. The number of hydrogen-bond acceptors (Lipinski definition) is 4. The van der Waals surface area contributed by atoms with Gasteiger partial charge in [-0.1, -0.05) is 50.7 Å². The molecule has 4 nitrogen and oxygen atoms in total. The van der Waals surface area contributed by atoms with Crippen molar-refractivity contribution in [3.63, 3.8) is 0 Å². The zero-order valence-corrected chi connectivity index (χ0v) is 21.6. The molecule has 0 amide bonds. The Bertz CT molecular complexity index is 657. The van der Waals surface area contributed by atoms with Gasteiger partial charge in [0.2, 0.25) is 0 Å². The molecule has 0 bridgehead atoms. The van der Waals surface area contributed by atoms with Crippen molar-refractivity contribution >= 4 is 8.32 Å². The van der Waals surface area contributed by atoms with Gasteiger partial charge in [0, 0.05) is 25.7 Å². The van der Waals surface area contributed by atoms with Crippen molar-refractivity contribution in [3.05, 3.63) is 11.6 Å². The Morgan fingerprint density at radius 3 is 2.40 bits per heavy atom. The standard InChI is InChI=1S/C25H44O4Si/c1-20(2)17-22(28-30(7,8)23(3,4)5)14-12-13-21(26)18-24(6)19-27-25(29-24)15-10-9-11-16-25/h17,21-22,26H,9-11,14-16,18-19H2,1-8H3/t21-,22-,24-/m1/s1. The van der Waals surface area contributed by atoms with Crippen LogP contribution in [0.4, 0.5) is 0 Å². The third-order valence-corrected chi connectivity index (χ3v) is 11.2. The summed E-state index contributed by atoms with van der Waals surface area (Å²) in [7, 11) is -1.89. The molecule has 1 spiro atoms. The fourth-order valence-electron chi connectivity index (χ4n) is 4.03. The quantitative estimate of drug-likeness (QED) is 0.317. The lowest BCUT2D eigenvalue weighted by Crippen LogP contribution is -2.43. The van der Waals surface area contributed by atoms with Crippen LogP contribution < -0.4 is 0 Å². The molecule has 1 saturated heterocycles. The third-order valence-electron chi connectivity index (χ3n) is 6.66. The molecule has 30 heavy (non-hydrogen) atoms. The Kier molecular flexibility index (Phi) is 8.43. The van der Waals surface area contributed by atoms with Crippen molar-refractivity contribution in [2.75, 3.05) is 6.61 Å². The van der Waals surface area contributed by atoms with Gasteiger partial charge in [-0.15, -0.1) is 0 Å². The van der Waals surface area contributed by atoms with Gasteiger partial charge in [-0.3, -0.25) is 0 Å². The van der Waals surface area contributed by atoms with E-state index < -0.39 is 25.8 Å². The minimum absolute atomic E-state index is 0.0391. The average molecular weight is 437 g/mol. The molecule has 0 aromatic heterocycles. The SMILES string of the molecule is CC(C)=C[C@@H](CC#C[C@@H](O)C[C@]1(C)COC2(CCCCC2)O1)O[Si](C)(C)C(C)(C)C. The smallest absolute Gasteiger partial charge is 0.192 e. The fraction of sp³-hybridized carbons (Fsp3) is 0.840.